The third-order valence-corrected chi connectivity index (χ3v) is 4.19. The van der Waals surface area contributed by atoms with Gasteiger partial charge in [0, 0.05) is 11.1 Å². The van der Waals surface area contributed by atoms with Crippen molar-refractivity contribution in [2.45, 2.75) is 33.1 Å². The zero-order chi connectivity index (χ0) is 16.1. The molecule has 2 aromatic rings. The summed E-state index contributed by atoms with van der Waals surface area (Å²) in [5, 5.41) is 13.7. The van der Waals surface area contributed by atoms with Crippen molar-refractivity contribution in [2.75, 3.05) is 5.32 Å². The van der Waals surface area contributed by atoms with Gasteiger partial charge in [0.05, 0.1) is 6.42 Å². The van der Waals surface area contributed by atoms with Crippen LogP contribution in [-0.2, 0) is 24.1 Å². The standard InChI is InChI=1S/C16H18N2O3S/c1-3-10-6-5-7-11(4-2)15(10)18-13(19)8-14-17-12(9-22-14)16(20)21/h5-7,9H,3-4,8H2,1-2H3,(H,18,19)(H,20,21). The van der Waals surface area contributed by atoms with E-state index in [1.807, 2.05) is 32.0 Å². The summed E-state index contributed by atoms with van der Waals surface area (Å²) in [4.78, 5) is 26.9. The number of nitrogens with one attached hydrogen (secondary N) is 1. The Hall–Kier alpha value is -2.21. The van der Waals surface area contributed by atoms with E-state index in [4.69, 9.17) is 5.11 Å². The third kappa shape index (κ3) is 3.71. The van der Waals surface area contributed by atoms with Crippen molar-refractivity contribution in [3.05, 3.63) is 45.4 Å². The fraction of sp³-hybridized carbons (Fsp3) is 0.312. The van der Waals surface area contributed by atoms with Gasteiger partial charge in [-0.1, -0.05) is 32.0 Å². The average Bonchev–Trinajstić information content (AvgIpc) is 2.96. The number of aromatic carboxylic acids is 1. The normalized spacial score (nSPS) is 10.5. The molecule has 0 bridgehead atoms. The van der Waals surface area contributed by atoms with Gasteiger partial charge in [0.2, 0.25) is 5.91 Å². The molecule has 1 heterocycles. The lowest BCUT2D eigenvalue weighted by atomic mass is 10.0. The molecule has 0 aliphatic carbocycles. The van der Waals surface area contributed by atoms with E-state index >= 15 is 0 Å². The number of rotatable bonds is 6. The van der Waals surface area contributed by atoms with E-state index in [0.717, 1.165) is 29.7 Å². The van der Waals surface area contributed by atoms with E-state index in [9.17, 15) is 9.59 Å². The number of carboxylic acid groups (broad SMARTS) is 1. The minimum Gasteiger partial charge on any atom is -0.476 e. The van der Waals surface area contributed by atoms with Gasteiger partial charge in [-0.25, -0.2) is 9.78 Å². The Morgan fingerprint density at radius 3 is 2.36 bits per heavy atom. The molecule has 2 rings (SSSR count). The van der Waals surface area contributed by atoms with Gasteiger partial charge >= 0.3 is 5.97 Å². The Balaban J connectivity index is 2.13. The van der Waals surface area contributed by atoms with Gasteiger partial charge in [0.15, 0.2) is 5.69 Å². The van der Waals surface area contributed by atoms with Crippen molar-refractivity contribution in [3.8, 4) is 0 Å². The highest BCUT2D eigenvalue weighted by Gasteiger charge is 2.14. The molecular formula is C16H18N2O3S. The maximum absolute atomic E-state index is 12.2. The molecule has 2 N–H and O–H groups in total. The first-order valence-electron chi connectivity index (χ1n) is 7.13. The van der Waals surface area contributed by atoms with Crippen LogP contribution in [0.25, 0.3) is 0 Å². The summed E-state index contributed by atoms with van der Waals surface area (Å²) in [5.74, 6) is -1.26. The molecule has 0 radical (unpaired) electrons. The van der Waals surface area contributed by atoms with Crippen LogP contribution in [0.4, 0.5) is 5.69 Å². The molecule has 0 aliphatic heterocycles. The fourth-order valence-electron chi connectivity index (χ4n) is 2.21. The first kappa shape index (κ1) is 16.2. The SMILES string of the molecule is CCc1cccc(CC)c1NC(=O)Cc1nc(C(=O)O)cs1. The van der Waals surface area contributed by atoms with Crippen LogP contribution in [0.1, 0.15) is 40.5 Å². The summed E-state index contributed by atoms with van der Waals surface area (Å²) >= 11 is 1.18. The van der Waals surface area contributed by atoms with Crippen LogP contribution in [0, 0.1) is 0 Å². The number of carbonyl (C=O) groups is 2. The number of aryl methyl sites for hydroxylation is 2. The van der Waals surface area contributed by atoms with E-state index in [0.29, 0.717) is 5.01 Å². The number of para-hydroxylation sites is 1. The summed E-state index contributed by atoms with van der Waals surface area (Å²) in [5.41, 5.74) is 3.04. The van der Waals surface area contributed by atoms with Crippen molar-refractivity contribution < 1.29 is 14.7 Å². The minimum absolute atomic E-state index is 0.0176. The lowest BCUT2D eigenvalue weighted by Gasteiger charge is -2.14. The molecule has 22 heavy (non-hydrogen) atoms. The predicted molar refractivity (Wildman–Crippen MR) is 86.6 cm³/mol. The third-order valence-electron chi connectivity index (χ3n) is 3.35. The molecule has 0 spiro atoms. The number of amides is 1. The number of thiazole rings is 1. The molecule has 0 saturated carbocycles. The molecule has 1 amide bonds. The summed E-state index contributed by atoms with van der Waals surface area (Å²) in [7, 11) is 0. The molecular weight excluding hydrogens is 300 g/mol. The molecule has 0 unspecified atom stereocenters. The maximum atomic E-state index is 12.2. The van der Waals surface area contributed by atoms with Crippen LogP contribution in [0.3, 0.4) is 0 Å². The van der Waals surface area contributed by atoms with Gasteiger partial charge in [0.1, 0.15) is 5.01 Å². The van der Waals surface area contributed by atoms with Crippen LogP contribution in [-0.4, -0.2) is 22.0 Å². The number of carbonyl (C=O) groups excluding carboxylic acids is 1. The van der Waals surface area contributed by atoms with Crippen molar-refractivity contribution in [2.24, 2.45) is 0 Å². The molecule has 1 aromatic carbocycles. The van der Waals surface area contributed by atoms with Gasteiger partial charge in [-0.05, 0) is 24.0 Å². The van der Waals surface area contributed by atoms with Gasteiger partial charge < -0.3 is 10.4 Å². The Bertz CT molecular complexity index is 672. The smallest absolute Gasteiger partial charge is 0.355 e. The van der Waals surface area contributed by atoms with Crippen molar-refractivity contribution in [1.82, 2.24) is 4.98 Å². The summed E-state index contributed by atoms with van der Waals surface area (Å²) < 4.78 is 0. The average molecular weight is 318 g/mol. The topological polar surface area (TPSA) is 79.3 Å². The lowest BCUT2D eigenvalue weighted by Crippen LogP contribution is -2.17. The number of anilines is 1. The Kier molecular flexibility index (Phi) is 5.27. The van der Waals surface area contributed by atoms with E-state index in [1.165, 1.54) is 16.7 Å². The summed E-state index contributed by atoms with van der Waals surface area (Å²) in [6, 6.07) is 5.99. The second-order valence-corrected chi connectivity index (χ2v) is 5.76. The number of benzene rings is 1. The molecule has 0 fully saturated rings. The highest BCUT2D eigenvalue weighted by atomic mass is 32.1. The van der Waals surface area contributed by atoms with E-state index in [-0.39, 0.29) is 18.0 Å². The highest BCUT2D eigenvalue weighted by molar-refractivity contribution is 7.09. The lowest BCUT2D eigenvalue weighted by molar-refractivity contribution is -0.115. The Morgan fingerprint density at radius 1 is 1.23 bits per heavy atom. The zero-order valence-corrected chi connectivity index (χ0v) is 13.4. The quantitative estimate of drug-likeness (QED) is 0.857. The Morgan fingerprint density at radius 2 is 1.86 bits per heavy atom. The number of hydrogen-bond acceptors (Lipinski definition) is 4. The van der Waals surface area contributed by atoms with Gasteiger partial charge in [-0.3, -0.25) is 4.79 Å². The minimum atomic E-state index is -1.08. The van der Waals surface area contributed by atoms with Crippen LogP contribution in [0.5, 0.6) is 0 Å². The highest BCUT2D eigenvalue weighted by Crippen LogP contribution is 2.23. The Labute approximate surface area is 133 Å². The van der Waals surface area contributed by atoms with Crippen LogP contribution >= 0.6 is 11.3 Å². The second-order valence-electron chi connectivity index (χ2n) is 4.81. The van der Waals surface area contributed by atoms with Crippen molar-refractivity contribution in [1.29, 1.82) is 0 Å². The summed E-state index contributed by atoms with van der Waals surface area (Å²) in [6.45, 7) is 4.09. The van der Waals surface area contributed by atoms with E-state index in [2.05, 4.69) is 10.3 Å². The first-order chi connectivity index (χ1) is 10.5. The van der Waals surface area contributed by atoms with Crippen LogP contribution in [0.2, 0.25) is 0 Å². The van der Waals surface area contributed by atoms with Gasteiger partial charge in [-0.15, -0.1) is 11.3 Å². The number of carboxylic acids is 1. The maximum Gasteiger partial charge on any atom is 0.355 e. The zero-order valence-electron chi connectivity index (χ0n) is 12.5. The van der Waals surface area contributed by atoms with E-state index in [1.54, 1.807) is 0 Å². The van der Waals surface area contributed by atoms with Crippen molar-refractivity contribution >= 4 is 28.9 Å². The molecule has 0 aliphatic rings. The number of hydrogen-bond donors (Lipinski definition) is 2. The number of nitrogens with zero attached hydrogens (tertiary/aromatic N) is 1. The predicted octanol–water partition coefficient (Wildman–Crippen LogP) is 3.15. The number of aromatic nitrogens is 1. The first-order valence-corrected chi connectivity index (χ1v) is 8.01. The molecule has 1 aromatic heterocycles. The summed E-state index contributed by atoms with van der Waals surface area (Å²) in [6.07, 6.45) is 1.76. The second kappa shape index (κ2) is 7.17. The molecule has 0 atom stereocenters. The van der Waals surface area contributed by atoms with E-state index < -0.39 is 5.97 Å². The fourth-order valence-corrected chi connectivity index (χ4v) is 2.98. The van der Waals surface area contributed by atoms with Crippen LogP contribution in [0.15, 0.2) is 23.6 Å². The monoisotopic (exact) mass is 318 g/mol. The van der Waals surface area contributed by atoms with Gasteiger partial charge in [0.25, 0.3) is 0 Å². The largest absolute Gasteiger partial charge is 0.476 e. The van der Waals surface area contributed by atoms with Crippen molar-refractivity contribution in [3.63, 3.8) is 0 Å². The molecule has 116 valence electrons. The molecule has 0 saturated heterocycles. The van der Waals surface area contributed by atoms with Gasteiger partial charge in [-0.2, -0.15) is 0 Å². The van der Waals surface area contributed by atoms with Crippen LogP contribution < -0.4 is 5.32 Å². The molecule has 6 heteroatoms. The molecule has 5 nitrogen and oxygen atoms in total.